The molecule has 0 N–H and O–H groups in total. The Morgan fingerprint density at radius 1 is 1.30 bits per heavy atom. The Kier molecular flexibility index (Phi) is 4.50. The minimum Gasteiger partial charge on any atom is -0.354 e. The maximum absolute atomic E-state index is 11.9. The molecular weight excluding hydrogens is 338 g/mol. The molecule has 0 amide bonds. The number of nitrogens with zero attached hydrogens (tertiary/aromatic N) is 3. The molecular formula is C15H10ClN3O3S. The van der Waals surface area contributed by atoms with Crippen molar-refractivity contribution in [3.63, 3.8) is 0 Å². The van der Waals surface area contributed by atoms with Gasteiger partial charge in [0.1, 0.15) is 5.71 Å². The van der Waals surface area contributed by atoms with Crippen LogP contribution in [0.15, 0.2) is 51.6 Å². The maximum Gasteiger partial charge on any atom is 0.365 e. The molecule has 0 bridgehead atoms. The lowest BCUT2D eigenvalue weighted by Crippen LogP contribution is -2.04. The van der Waals surface area contributed by atoms with Gasteiger partial charge in [0.15, 0.2) is 10.8 Å². The van der Waals surface area contributed by atoms with Gasteiger partial charge in [-0.25, -0.2) is 9.78 Å². The lowest BCUT2D eigenvalue weighted by atomic mass is 10.2. The van der Waals surface area contributed by atoms with Crippen LogP contribution in [0, 0.1) is 0 Å². The summed E-state index contributed by atoms with van der Waals surface area (Å²) < 4.78 is 5.04. The maximum atomic E-state index is 11.9. The molecule has 3 rings (SSSR count). The molecule has 0 saturated heterocycles. The molecule has 116 valence electrons. The molecule has 8 heteroatoms. The third-order valence-electron chi connectivity index (χ3n) is 2.87. The van der Waals surface area contributed by atoms with Gasteiger partial charge < -0.3 is 9.36 Å². The molecule has 0 aliphatic carbocycles. The molecule has 0 fully saturated rings. The summed E-state index contributed by atoms with van der Waals surface area (Å²) in [5, 5.41) is 10.5. The summed E-state index contributed by atoms with van der Waals surface area (Å²) >= 11 is 7.16. The van der Waals surface area contributed by atoms with Crippen LogP contribution in [0.4, 0.5) is 0 Å². The smallest absolute Gasteiger partial charge is 0.354 e. The van der Waals surface area contributed by atoms with Crippen LogP contribution in [0.5, 0.6) is 0 Å². The topological polar surface area (TPSA) is 77.6 Å². The third kappa shape index (κ3) is 3.64. The molecule has 0 saturated carbocycles. The average molecular weight is 348 g/mol. The van der Waals surface area contributed by atoms with E-state index in [4.69, 9.17) is 21.0 Å². The number of aromatic nitrogens is 2. The van der Waals surface area contributed by atoms with Gasteiger partial charge in [0.2, 0.25) is 0 Å². The molecule has 1 aromatic carbocycles. The molecule has 0 unspecified atom stereocenters. The number of benzene rings is 1. The second-order valence-electron chi connectivity index (χ2n) is 4.48. The lowest BCUT2D eigenvalue weighted by Gasteiger charge is -1.99. The predicted octanol–water partition coefficient (Wildman–Crippen LogP) is 4.03. The summed E-state index contributed by atoms with van der Waals surface area (Å²) in [6.07, 6.45) is 1.55. The van der Waals surface area contributed by atoms with E-state index in [0.717, 1.165) is 0 Å². The standard InChI is InChI=1S/C15H10ClN3O3S/c1-9(12-8-23-14(18-12)13-6-7-17-21-13)19-22-15(20)10-2-4-11(16)5-3-10/h2-8H,1H3. The number of halogens is 1. The zero-order valence-electron chi connectivity index (χ0n) is 11.9. The van der Waals surface area contributed by atoms with Gasteiger partial charge in [-0.2, -0.15) is 0 Å². The van der Waals surface area contributed by atoms with Crippen molar-refractivity contribution in [2.45, 2.75) is 6.92 Å². The van der Waals surface area contributed by atoms with Gasteiger partial charge in [0.25, 0.3) is 0 Å². The number of rotatable bonds is 4. The van der Waals surface area contributed by atoms with Crippen LogP contribution in [0.2, 0.25) is 5.02 Å². The summed E-state index contributed by atoms with van der Waals surface area (Å²) in [5.74, 6) is 0.0129. The van der Waals surface area contributed by atoms with Gasteiger partial charge >= 0.3 is 5.97 Å². The number of carbonyl (C=O) groups excluding carboxylic acids is 1. The first-order chi connectivity index (χ1) is 11.1. The van der Waals surface area contributed by atoms with Gasteiger partial charge in [-0.05, 0) is 31.2 Å². The largest absolute Gasteiger partial charge is 0.365 e. The SMILES string of the molecule is CC(=NOC(=O)c1ccc(Cl)cc1)c1csc(-c2ccno2)n1. The first-order valence-electron chi connectivity index (χ1n) is 6.52. The normalized spacial score (nSPS) is 11.5. The number of thiazole rings is 1. The molecule has 6 nitrogen and oxygen atoms in total. The van der Waals surface area contributed by atoms with Crippen molar-refractivity contribution in [2.24, 2.45) is 5.16 Å². The fourth-order valence-corrected chi connectivity index (χ4v) is 2.62. The van der Waals surface area contributed by atoms with Gasteiger partial charge in [-0.1, -0.05) is 21.9 Å². The lowest BCUT2D eigenvalue weighted by molar-refractivity contribution is 0.0516. The minimum absolute atomic E-state index is 0.367. The molecule has 3 aromatic rings. The van der Waals surface area contributed by atoms with E-state index >= 15 is 0 Å². The Balaban J connectivity index is 1.70. The Bertz CT molecular complexity index is 841. The molecule has 0 aliphatic rings. The van der Waals surface area contributed by atoms with E-state index in [-0.39, 0.29) is 0 Å². The van der Waals surface area contributed by atoms with Crippen molar-refractivity contribution in [1.82, 2.24) is 10.1 Å². The van der Waals surface area contributed by atoms with Crippen LogP contribution in [0.25, 0.3) is 10.8 Å². The highest BCUT2D eigenvalue weighted by Crippen LogP contribution is 2.23. The Labute approximate surface area is 140 Å². The highest BCUT2D eigenvalue weighted by atomic mass is 35.5. The average Bonchev–Trinajstić information content (AvgIpc) is 3.23. The Hall–Kier alpha value is -2.51. The van der Waals surface area contributed by atoms with E-state index in [1.54, 1.807) is 48.8 Å². The zero-order chi connectivity index (χ0) is 16.2. The Morgan fingerprint density at radius 3 is 2.78 bits per heavy atom. The van der Waals surface area contributed by atoms with E-state index in [1.807, 2.05) is 0 Å². The zero-order valence-corrected chi connectivity index (χ0v) is 13.5. The van der Waals surface area contributed by atoms with Crippen molar-refractivity contribution in [2.75, 3.05) is 0 Å². The number of hydrogen-bond donors (Lipinski definition) is 0. The van der Waals surface area contributed by atoms with Crippen LogP contribution in [-0.4, -0.2) is 21.8 Å². The number of hydrogen-bond acceptors (Lipinski definition) is 7. The van der Waals surface area contributed by atoms with Gasteiger partial charge in [-0.3, -0.25) is 0 Å². The quantitative estimate of drug-likeness (QED) is 0.404. The van der Waals surface area contributed by atoms with Crippen LogP contribution in [0.1, 0.15) is 23.0 Å². The van der Waals surface area contributed by atoms with Crippen molar-refractivity contribution in [3.8, 4) is 10.8 Å². The van der Waals surface area contributed by atoms with E-state index in [9.17, 15) is 4.79 Å². The fourth-order valence-electron chi connectivity index (χ4n) is 1.67. The highest BCUT2D eigenvalue weighted by molar-refractivity contribution is 7.13. The summed E-state index contributed by atoms with van der Waals surface area (Å²) in [5.41, 5.74) is 1.45. The van der Waals surface area contributed by atoms with E-state index in [1.165, 1.54) is 11.3 Å². The van der Waals surface area contributed by atoms with E-state index in [2.05, 4.69) is 15.3 Å². The van der Waals surface area contributed by atoms with E-state index < -0.39 is 5.97 Å². The molecule has 0 atom stereocenters. The number of carbonyl (C=O) groups is 1. The first kappa shape index (κ1) is 15.4. The molecule has 2 aromatic heterocycles. The second kappa shape index (κ2) is 6.72. The van der Waals surface area contributed by atoms with Crippen molar-refractivity contribution in [3.05, 3.63) is 58.2 Å². The van der Waals surface area contributed by atoms with Crippen molar-refractivity contribution in [1.29, 1.82) is 0 Å². The summed E-state index contributed by atoms with van der Waals surface area (Å²) in [6, 6.07) is 8.08. The molecule has 23 heavy (non-hydrogen) atoms. The van der Waals surface area contributed by atoms with Gasteiger partial charge in [0, 0.05) is 16.5 Å². The summed E-state index contributed by atoms with van der Waals surface area (Å²) in [4.78, 5) is 21.1. The van der Waals surface area contributed by atoms with Crippen molar-refractivity contribution < 1.29 is 14.2 Å². The number of oxime groups is 1. The summed E-state index contributed by atoms with van der Waals surface area (Å²) in [6.45, 7) is 1.70. The minimum atomic E-state index is -0.563. The Morgan fingerprint density at radius 2 is 2.09 bits per heavy atom. The monoisotopic (exact) mass is 347 g/mol. The fraction of sp³-hybridized carbons (Fsp3) is 0.0667. The van der Waals surface area contributed by atoms with Crippen LogP contribution >= 0.6 is 22.9 Å². The highest BCUT2D eigenvalue weighted by Gasteiger charge is 2.11. The molecule has 0 radical (unpaired) electrons. The van der Waals surface area contributed by atoms with Gasteiger partial charge in [0.05, 0.1) is 17.5 Å². The van der Waals surface area contributed by atoms with E-state index in [0.29, 0.717) is 32.8 Å². The van der Waals surface area contributed by atoms with Crippen LogP contribution < -0.4 is 0 Å². The van der Waals surface area contributed by atoms with Gasteiger partial charge in [-0.15, -0.1) is 11.3 Å². The molecule has 0 aliphatic heterocycles. The van der Waals surface area contributed by atoms with Crippen LogP contribution in [-0.2, 0) is 4.84 Å². The molecule has 0 spiro atoms. The van der Waals surface area contributed by atoms with Crippen LogP contribution in [0.3, 0.4) is 0 Å². The second-order valence-corrected chi connectivity index (χ2v) is 5.77. The first-order valence-corrected chi connectivity index (χ1v) is 7.78. The third-order valence-corrected chi connectivity index (χ3v) is 3.98. The summed E-state index contributed by atoms with van der Waals surface area (Å²) in [7, 11) is 0. The molecule has 2 heterocycles. The predicted molar refractivity (Wildman–Crippen MR) is 86.7 cm³/mol. The van der Waals surface area contributed by atoms with Crippen molar-refractivity contribution >= 4 is 34.6 Å².